The van der Waals surface area contributed by atoms with E-state index in [9.17, 15) is 9.18 Å². The summed E-state index contributed by atoms with van der Waals surface area (Å²) in [4.78, 5) is 22.7. The molecule has 2 heterocycles. The van der Waals surface area contributed by atoms with Crippen LogP contribution in [0.15, 0.2) is 60.1 Å². The van der Waals surface area contributed by atoms with Crippen LogP contribution < -0.4 is 5.32 Å². The van der Waals surface area contributed by atoms with Crippen LogP contribution in [-0.2, 0) is 19.5 Å². The van der Waals surface area contributed by atoms with Crippen LogP contribution in [0.2, 0.25) is 0 Å². The van der Waals surface area contributed by atoms with Gasteiger partial charge < -0.3 is 10.3 Å². The number of hydrogen-bond donors (Lipinski definition) is 2. The predicted octanol–water partition coefficient (Wildman–Crippen LogP) is 5.78. The molecule has 1 atom stereocenters. The molecule has 2 aromatic carbocycles. The summed E-state index contributed by atoms with van der Waals surface area (Å²) in [5, 5.41) is 6.87. The highest BCUT2D eigenvalue weighted by Gasteiger charge is 2.18. The van der Waals surface area contributed by atoms with Crippen LogP contribution >= 0.6 is 11.3 Å². The van der Waals surface area contributed by atoms with Crippen molar-refractivity contribution in [3.05, 3.63) is 87.8 Å². The number of nitrogens with zero attached hydrogens (tertiary/aromatic N) is 2. The van der Waals surface area contributed by atoms with Gasteiger partial charge in [0.2, 0.25) is 0 Å². The molecular formula is C27H31FN4OS. The Labute approximate surface area is 204 Å². The van der Waals surface area contributed by atoms with Crippen molar-refractivity contribution in [3.63, 3.8) is 0 Å². The molecule has 1 unspecified atom stereocenters. The van der Waals surface area contributed by atoms with Gasteiger partial charge in [-0.05, 0) is 37.0 Å². The molecule has 4 aromatic rings. The third-order valence-electron chi connectivity index (χ3n) is 6.23. The minimum Gasteiger partial charge on any atom is -0.361 e. The highest BCUT2D eigenvalue weighted by molar-refractivity contribution is 7.09. The van der Waals surface area contributed by atoms with Gasteiger partial charge in [0.1, 0.15) is 16.5 Å². The molecule has 2 N–H and O–H groups in total. The van der Waals surface area contributed by atoms with Crippen molar-refractivity contribution in [3.8, 4) is 0 Å². The molecule has 0 aliphatic carbocycles. The number of thiazole rings is 1. The molecule has 5 nitrogen and oxygen atoms in total. The van der Waals surface area contributed by atoms with Crippen LogP contribution in [-0.4, -0.2) is 33.4 Å². The first-order chi connectivity index (χ1) is 16.4. The lowest BCUT2D eigenvalue weighted by Crippen LogP contribution is -2.36. The second-order valence-electron chi connectivity index (χ2n) is 9.04. The Morgan fingerprint density at radius 3 is 2.65 bits per heavy atom. The molecule has 1 amide bonds. The number of amides is 1. The average molecular weight is 479 g/mol. The van der Waals surface area contributed by atoms with E-state index in [2.05, 4.69) is 46.2 Å². The summed E-state index contributed by atoms with van der Waals surface area (Å²) < 4.78 is 14.4. The first-order valence-electron chi connectivity index (χ1n) is 11.7. The van der Waals surface area contributed by atoms with E-state index in [1.165, 1.54) is 28.4 Å². The lowest BCUT2D eigenvalue weighted by molar-refractivity contribution is 0.0925. The Balaban J connectivity index is 1.48. The maximum Gasteiger partial charge on any atom is 0.270 e. The van der Waals surface area contributed by atoms with Crippen LogP contribution in [0.3, 0.4) is 0 Å². The zero-order chi connectivity index (χ0) is 24.1. The number of hydrogen-bond acceptors (Lipinski definition) is 4. The fraction of sp³-hybridized carbons (Fsp3) is 0.333. The van der Waals surface area contributed by atoms with E-state index in [0.29, 0.717) is 30.3 Å². The van der Waals surface area contributed by atoms with Crippen LogP contribution in [0.4, 0.5) is 4.39 Å². The fourth-order valence-electron chi connectivity index (χ4n) is 3.83. The zero-order valence-corrected chi connectivity index (χ0v) is 20.7. The molecule has 178 valence electrons. The van der Waals surface area contributed by atoms with Gasteiger partial charge in [-0.25, -0.2) is 9.37 Å². The number of carbonyl (C=O) groups excluding carboxylic acids is 1. The normalized spacial score (nSPS) is 12.5. The van der Waals surface area contributed by atoms with Crippen LogP contribution in [0.1, 0.15) is 47.4 Å². The molecule has 0 saturated carbocycles. The summed E-state index contributed by atoms with van der Waals surface area (Å²) in [6.07, 6.45) is 2.87. The van der Waals surface area contributed by atoms with E-state index in [1.807, 2.05) is 37.4 Å². The van der Waals surface area contributed by atoms with Gasteiger partial charge in [-0.2, -0.15) is 0 Å². The highest BCUT2D eigenvalue weighted by Crippen LogP contribution is 2.21. The van der Waals surface area contributed by atoms with Gasteiger partial charge in [0.05, 0.1) is 6.54 Å². The van der Waals surface area contributed by atoms with Gasteiger partial charge >= 0.3 is 0 Å². The topological polar surface area (TPSA) is 61.0 Å². The number of aromatic nitrogens is 2. The molecule has 0 spiro atoms. The molecule has 0 radical (unpaired) electrons. The molecule has 0 fully saturated rings. The minimum atomic E-state index is -0.207. The number of aromatic amines is 1. The first-order valence-corrected chi connectivity index (χ1v) is 12.5. The summed E-state index contributed by atoms with van der Waals surface area (Å²) in [5.41, 5.74) is 3.44. The Morgan fingerprint density at radius 1 is 1.09 bits per heavy atom. The van der Waals surface area contributed by atoms with Crippen molar-refractivity contribution >= 4 is 28.1 Å². The molecule has 7 heteroatoms. The van der Waals surface area contributed by atoms with Gasteiger partial charge in [0.25, 0.3) is 5.91 Å². The van der Waals surface area contributed by atoms with Gasteiger partial charge in [-0.1, -0.05) is 50.2 Å². The zero-order valence-electron chi connectivity index (χ0n) is 19.8. The van der Waals surface area contributed by atoms with Crippen LogP contribution in [0, 0.1) is 11.7 Å². The maximum absolute atomic E-state index is 14.4. The Hall–Kier alpha value is -3.03. The number of H-pyrrole nitrogens is 1. The van der Waals surface area contributed by atoms with Crippen molar-refractivity contribution in [2.75, 3.05) is 6.54 Å². The van der Waals surface area contributed by atoms with E-state index < -0.39 is 0 Å². The monoisotopic (exact) mass is 478 g/mol. The van der Waals surface area contributed by atoms with Crippen molar-refractivity contribution in [2.45, 2.75) is 46.3 Å². The average Bonchev–Trinajstić information content (AvgIpc) is 3.46. The summed E-state index contributed by atoms with van der Waals surface area (Å²) in [7, 11) is 0. The van der Waals surface area contributed by atoms with E-state index in [4.69, 9.17) is 0 Å². The summed E-state index contributed by atoms with van der Waals surface area (Å²) >= 11 is 1.47. The second-order valence-corrected chi connectivity index (χ2v) is 9.99. The molecular weight excluding hydrogens is 447 g/mol. The smallest absolute Gasteiger partial charge is 0.270 e. The first kappa shape index (κ1) is 24.1. The number of halogens is 1. The van der Waals surface area contributed by atoms with E-state index in [1.54, 1.807) is 11.4 Å². The highest BCUT2D eigenvalue weighted by atomic mass is 32.1. The molecule has 0 aliphatic rings. The summed E-state index contributed by atoms with van der Waals surface area (Å²) in [6.45, 7) is 7.91. The van der Waals surface area contributed by atoms with Crippen LogP contribution in [0.5, 0.6) is 0 Å². The predicted molar refractivity (Wildman–Crippen MR) is 136 cm³/mol. The van der Waals surface area contributed by atoms with Crippen molar-refractivity contribution in [1.29, 1.82) is 0 Å². The number of para-hydroxylation sites is 1. The third-order valence-corrected chi connectivity index (χ3v) is 7.06. The Morgan fingerprint density at radius 2 is 1.85 bits per heavy atom. The lowest BCUT2D eigenvalue weighted by Gasteiger charge is -2.21. The Bertz CT molecular complexity index is 1250. The van der Waals surface area contributed by atoms with E-state index in [0.717, 1.165) is 23.5 Å². The molecule has 0 bridgehead atoms. The third kappa shape index (κ3) is 5.90. The summed E-state index contributed by atoms with van der Waals surface area (Å²) in [5.74, 6) is -0.00699. The molecule has 2 aromatic heterocycles. The van der Waals surface area contributed by atoms with Gasteiger partial charge in [0.15, 0.2) is 0 Å². The van der Waals surface area contributed by atoms with Crippen LogP contribution in [0.25, 0.3) is 10.9 Å². The van der Waals surface area contributed by atoms with Crippen molar-refractivity contribution in [2.24, 2.45) is 5.92 Å². The molecule has 0 aliphatic heterocycles. The number of fused-ring (bicyclic) bond motifs is 1. The number of benzene rings is 2. The van der Waals surface area contributed by atoms with E-state index in [-0.39, 0.29) is 17.8 Å². The standard InChI is InChI=1S/C27H31FN4OS/c1-18(2)19(3)30-27(33)25-17-34-26(31-25)16-32(15-21-8-4-6-10-23(21)28)13-12-20-14-29-24-11-7-5-9-22(20)24/h4-11,14,17-19,29H,12-13,15-16H2,1-3H3,(H,30,33). The molecule has 0 saturated heterocycles. The lowest BCUT2D eigenvalue weighted by atomic mass is 10.1. The molecule has 34 heavy (non-hydrogen) atoms. The quantitative estimate of drug-likeness (QED) is 0.304. The number of carbonyl (C=O) groups is 1. The van der Waals surface area contributed by atoms with Crippen molar-refractivity contribution < 1.29 is 9.18 Å². The molecule has 4 rings (SSSR count). The fourth-order valence-corrected chi connectivity index (χ4v) is 4.64. The Kier molecular flexibility index (Phi) is 7.75. The second kappa shape index (κ2) is 10.9. The summed E-state index contributed by atoms with van der Waals surface area (Å²) in [6, 6.07) is 15.2. The minimum absolute atomic E-state index is 0.0753. The largest absolute Gasteiger partial charge is 0.361 e. The SMILES string of the molecule is CC(C)C(C)NC(=O)c1csc(CN(CCc2c[nH]c3ccccc23)Cc2ccccc2F)n1. The number of nitrogens with one attached hydrogen (secondary N) is 2. The van der Waals surface area contributed by atoms with Gasteiger partial charge in [0, 0.05) is 47.2 Å². The van der Waals surface area contributed by atoms with Crippen molar-refractivity contribution in [1.82, 2.24) is 20.2 Å². The maximum atomic E-state index is 14.4. The number of rotatable bonds is 10. The van der Waals surface area contributed by atoms with E-state index >= 15 is 0 Å². The van der Waals surface area contributed by atoms with Gasteiger partial charge in [-0.15, -0.1) is 11.3 Å². The van der Waals surface area contributed by atoms with Gasteiger partial charge in [-0.3, -0.25) is 9.69 Å².